The summed E-state index contributed by atoms with van der Waals surface area (Å²) in [5.74, 6) is 0.813. The standard InChI is InChI=1S/C19H23NO/c1-2-9-17-14-20(21)19(17)18(15-10-5-3-6-11-15)16-12-7-4-8-13-16/h3-8,10-13,17-19,21H,2,9,14H2,1H3. The molecule has 0 aliphatic carbocycles. The van der Waals surface area contributed by atoms with E-state index in [2.05, 4.69) is 55.5 Å². The van der Waals surface area contributed by atoms with E-state index in [1.165, 1.54) is 29.0 Å². The first-order valence-electron chi connectivity index (χ1n) is 7.86. The van der Waals surface area contributed by atoms with Gasteiger partial charge in [0.2, 0.25) is 0 Å². The third kappa shape index (κ3) is 2.87. The second-order valence-corrected chi connectivity index (χ2v) is 5.96. The van der Waals surface area contributed by atoms with Gasteiger partial charge in [0, 0.05) is 12.5 Å². The van der Waals surface area contributed by atoms with E-state index in [9.17, 15) is 5.21 Å². The molecular weight excluding hydrogens is 258 g/mol. The molecule has 1 heterocycles. The topological polar surface area (TPSA) is 23.5 Å². The Bertz CT molecular complexity index is 513. The highest BCUT2D eigenvalue weighted by Crippen LogP contribution is 2.41. The Labute approximate surface area is 127 Å². The lowest BCUT2D eigenvalue weighted by molar-refractivity contribution is -0.220. The molecule has 1 saturated heterocycles. The summed E-state index contributed by atoms with van der Waals surface area (Å²) in [6.07, 6.45) is 2.35. The van der Waals surface area contributed by atoms with Gasteiger partial charge in [0.05, 0.1) is 6.04 Å². The van der Waals surface area contributed by atoms with E-state index < -0.39 is 0 Å². The molecule has 0 radical (unpaired) electrons. The van der Waals surface area contributed by atoms with Crippen molar-refractivity contribution in [3.8, 4) is 0 Å². The van der Waals surface area contributed by atoms with Gasteiger partial charge < -0.3 is 5.21 Å². The van der Waals surface area contributed by atoms with Crippen LogP contribution in [0.5, 0.6) is 0 Å². The van der Waals surface area contributed by atoms with Gasteiger partial charge in [-0.15, -0.1) is 0 Å². The fourth-order valence-electron chi connectivity index (χ4n) is 3.56. The molecule has 3 rings (SSSR count). The largest absolute Gasteiger partial charge is 0.314 e. The highest BCUT2D eigenvalue weighted by molar-refractivity contribution is 5.35. The number of hydroxylamine groups is 2. The predicted molar refractivity (Wildman–Crippen MR) is 85.4 cm³/mol. The number of hydrogen-bond acceptors (Lipinski definition) is 2. The second-order valence-electron chi connectivity index (χ2n) is 5.96. The molecule has 0 saturated carbocycles. The van der Waals surface area contributed by atoms with Crippen molar-refractivity contribution in [1.82, 2.24) is 5.06 Å². The lowest BCUT2D eigenvalue weighted by atomic mass is 9.73. The van der Waals surface area contributed by atoms with Crippen LogP contribution in [-0.2, 0) is 0 Å². The highest BCUT2D eigenvalue weighted by Gasteiger charge is 2.43. The van der Waals surface area contributed by atoms with Crippen molar-refractivity contribution in [3.63, 3.8) is 0 Å². The summed E-state index contributed by atoms with van der Waals surface area (Å²) in [6, 6.07) is 21.3. The van der Waals surface area contributed by atoms with Crippen LogP contribution in [0.1, 0.15) is 36.8 Å². The zero-order valence-electron chi connectivity index (χ0n) is 12.5. The van der Waals surface area contributed by atoms with E-state index in [0.717, 1.165) is 6.54 Å². The first kappa shape index (κ1) is 14.3. The minimum absolute atomic E-state index is 0.190. The average molecular weight is 281 g/mol. The second kappa shape index (κ2) is 6.42. The van der Waals surface area contributed by atoms with Crippen LogP contribution in [0.4, 0.5) is 0 Å². The summed E-state index contributed by atoms with van der Waals surface area (Å²) in [5.41, 5.74) is 2.57. The minimum Gasteiger partial charge on any atom is -0.314 e. The molecule has 2 nitrogen and oxygen atoms in total. The molecule has 1 aliphatic rings. The van der Waals surface area contributed by atoms with Crippen LogP contribution in [0, 0.1) is 5.92 Å². The van der Waals surface area contributed by atoms with Crippen molar-refractivity contribution in [3.05, 3.63) is 71.8 Å². The zero-order valence-corrected chi connectivity index (χ0v) is 12.5. The van der Waals surface area contributed by atoms with E-state index in [0.29, 0.717) is 5.92 Å². The third-order valence-corrected chi connectivity index (χ3v) is 4.57. The minimum atomic E-state index is 0.190. The Balaban J connectivity index is 1.97. The number of hydrogen-bond donors (Lipinski definition) is 1. The molecule has 0 aromatic heterocycles. The maximum atomic E-state index is 10.2. The fraction of sp³-hybridized carbons (Fsp3) is 0.368. The molecule has 2 aromatic carbocycles. The molecule has 2 unspecified atom stereocenters. The first-order valence-corrected chi connectivity index (χ1v) is 7.86. The quantitative estimate of drug-likeness (QED) is 0.883. The average Bonchev–Trinajstić information content (AvgIpc) is 2.54. The van der Waals surface area contributed by atoms with Crippen molar-refractivity contribution >= 4 is 0 Å². The Hall–Kier alpha value is -1.64. The fourth-order valence-corrected chi connectivity index (χ4v) is 3.56. The van der Waals surface area contributed by atoms with Crippen LogP contribution in [-0.4, -0.2) is 22.9 Å². The van der Waals surface area contributed by atoms with Crippen molar-refractivity contribution in [2.45, 2.75) is 31.7 Å². The number of nitrogens with zero attached hydrogens (tertiary/aromatic N) is 1. The monoisotopic (exact) mass is 281 g/mol. The smallest absolute Gasteiger partial charge is 0.0500 e. The maximum absolute atomic E-state index is 10.2. The highest BCUT2D eigenvalue weighted by atomic mass is 16.5. The van der Waals surface area contributed by atoms with Crippen LogP contribution in [0.3, 0.4) is 0 Å². The van der Waals surface area contributed by atoms with Gasteiger partial charge in [0.25, 0.3) is 0 Å². The van der Waals surface area contributed by atoms with Gasteiger partial charge in [0.1, 0.15) is 0 Å². The molecule has 1 N–H and O–H groups in total. The van der Waals surface area contributed by atoms with Gasteiger partial charge in [-0.1, -0.05) is 74.0 Å². The number of rotatable bonds is 5. The number of benzene rings is 2. The molecular formula is C19H23NO. The SMILES string of the molecule is CCCC1CN(O)C1C(c1ccccc1)c1ccccc1. The molecule has 0 bridgehead atoms. The van der Waals surface area contributed by atoms with Gasteiger partial charge in [0.15, 0.2) is 0 Å². The van der Waals surface area contributed by atoms with Crippen molar-refractivity contribution < 1.29 is 5.21 Å². The maximum Gasteiger partial charge on any atom is 0.0500 e. The third-order valence-electron chi connectivity index (χ3n) is 4.57. The molecule has 21 heavy (non-hydrogen) atoms. The van der Waals surface area contributed by atoms with Gasteiger partial charge in [-0.25, -0.2) is 0 Å². The summed E-state index contributed by atoms with van der Waals surface area (Å²) in [4.78, 5) is 0. The molecule has 2 atom stereocenters. The van der Waals surface area contributed by atoms with Crippen molar-refractivity contribution in [2.75, 3.05) is 6.54 Å². The summed E-state index contributed by atoms with van der Waals surface area (Å²) in [7, 11) is 0. The molecule has 2 heteroatoms. The van der Waals surface area contributed by atoms with Crippen LogP contribution in [0.15, 0.2) is 60.7 Å². The van der Waals surface area contributed by atoms with Crippen LogP contribution >= 0.6 is 0 Å². The Morgan fingerprint density at radius 2 is 1.52 bits per heavy atom. The van der Waals surface area contributed by atoms with E-state index in [4.69, 9.17) is 0 Å². The molecule has 1 fully saturated rings. The lowest BCUT2D eigenvalue weighted by Gasteiger charge is -2.48. The van der Waals surface area contributed by atoms with Crippen molar-refractivity contribution in [2.24, 2.45) is 5.92 Å². The summed E-state index contributed by atoms with van der Waals surface area (Å²) in [5, 5.41) is 11.8. The lowest BCUT2D eigenvalue weighted by Crippen LogP contribution is -2.57. The van der Waals surface area contributed by atoms with Gasteiger partial charge >= 0.3 is 0 Å². The van der Waals surface area contributed by atoms with Crippen molar-refractivity contribution in [1.29, 1.82) is 0 Å². The normalized spacial score (nSPS) is 22.2. The summed E-state index contributed by atoms with van der Waals surface area (Å²) < 4.78 is 0. The molecule has 110 valence electrons. The zero-order chi connectivity index (χ0) is 14.7. The van der Waals surface area contributed by atoms with E-state index >= 15 is 0 Å². The summed E-state index contributed by atoms with van der Waals surface area (Å²) in [6.45, 7) is 3.02. The Kier molecular flexibility index (Phi) is 4.37. The van der Waals surface area contributed by atoms with E-state index in [1.807, 2.05) is 12.1 Å². The summed E-state index contributed by atoms with van der Waals surface area (Å²) >= 11 is 0. The van der Waals surface area contributed by atoms with E-state index in [-0.39, 0.29) is 12.0 Å². The molecule has 0 amide bonds. The first-order chi connectivity index (χ1) is 10.3. The van der Waals surface area contributed by atoms with E-state index in [1.54, 1.807) is 0 Å². The van der Waals surface area contributed by atoms with Gasteiger partial charge in [-0.3, -0.25) is 0 Å². The van der Waals surface area contributed by atoms with Gasteiger partial charge in [-0.2, -0.15) is 5.06 Å². The molecule has 0 spiro atoms. The Morgan fingerprint density at radius 3 is 1.95 bits per heavy atom. The van der Waals surface area contributed by atoms with Crippen LogP contribution < -0.4 is 0 Å². The van der Waals surface area contributed by atoms with Gasteiger partial charge in [-0.05, 0) is 23.5 Å². The molecule has 2 aromatic rings. The predicted octanol–water partition coefficient (Wildman–Crippen LogP) is 4.31. The molecule has 1 aliphatic heterocycles. The van der Waals surface area contributed by atoms with Crippen LogP contribution in [0.25, 0.3) is 0 Å². The van der Waals surface area contributed by atoms with Crippen LogP contribution in [0.2, 0.25) is 0 Å². The Morgan fingerprint density at radius 1 is 1.00 bits per heavy atom.